The molecule has 1 aliphatic carbocycles. The highest BCUT2D eigenvalue weighted by molar-refractivity contribution is 7.92. The first-order valence-electron chi connectivity index (χ1n) is 9.87. The van der Waals surface area contributed by atoms with Gasteiger partial charge in [-0.05, 0) is 61.2 Å². The molecule has 0 radical (unpaired) electrons. The Morgan fingerprint density at radius 2 is 1.79 bits per heavy atom. The normalized spacial score (nSPS) is 19.4. The number of nitrogens with one attached hydrogen (secondary N) is 1. The fraction of sp³-hybridized carbons (Fsp3) is 0.409. The van der Waals surface area contributed by atoms with Crippen molar-refractivity contribution in [3.05, 3.63) is 54.1 Å². The van der Waals surface area contributed by atoms with E-state index in [0.717, 1.165) is 19.3 Å². The van der Waals surface area contributed by atoms with Gasteiger partial charge in [0.25, 0.3) is 15.9 Å². The number of hydrogen-bond donors (Lipinski definition) is 1. The first-order valence-corrected chi connectivity index (χ1v) is 11.3. The summed E-state index contributed by atoms with van der Waals surface area (Å²) in [5, 5.41) is 3.08. The van der Waals surface area contributed by atoms with Crippen LogP contribution in [0.25, 0.3) is 0 Å². The summed E-state index contributed by atoms with van der Waals surface area (Å²) in [4.78, 5) is 12.8. The second-order valence-corrected chi connectivity index (χ2v) is 9.51. The third-order valence-electron chi connectivity index (χ3n) is 5.62. The summed E-state index contributed by atoms with van der Waals surface area (Å²) in [5.74, 6) is 0.851. The van der Waals surface area contributed by atoms with E-state index in [2.05, 4.69) is 12.2 Å². The zero-order valence-electron chi connectivity index (χ0n) is 17.1. The first-order chi connectivity index (χ1) is 13.8. The molecule has 6 nitrogen and oxygen atoms in total. The summed E-state index contributed by atoms with van der Waals surface area (Å²) in [6.07, 6.45) is 4.37. The van der Waals surface area contributed by atoms with Crippen LogP contribution in [0.4, 0.5) is 5.69 Å². The molecule has 0 heterocycles. The summed E-state index contributed by atoms with van der Waals surface area (Å²) < 4.78 is 32.5. The SMILES string of the molecule is COc1ccc(N(C)S(=O)(=O)c2cccc(C(=O)N[C@@H]3CCCC[C@H]3C)c2)cc1. The van der Waals surface area contributed by atoms with Gasteiger partial charge >= 0.3 is 0 Å². The van der Waals surface area contributed by atoms with E-state index >= 15 is 0 Å². The van der Waals surface area contributed by atoms with Crippen LogP contribution in [0.5, 0.6) is 5.75 Å². The molecule has 2 aromatic rings. The lowest BCUT2D eigenvalue weighted by atomic mass is 9.86. The van der Waals surface area contributed by atoms with E-state index in [-0.39, 0.29) is 16.8 Å². The van der Waals surface area contributed by atoms with Crippen LogP contribution in [0, 0.1) is 5.92 Å². The number of amides is 1. The van der Waals surface area contributed by atoms with Crippen molar-refractivity contribution in [1.29, 1.82) is 0 Å². The number of carbonyl (C=O) groups excluding carboxylic acids is 1. The Kier molecular flexibility index (Phi) is 6.47. The van der Waals surface area contributed by atoms with E-state index in [1.165, 1.54) is 29.9 Å². The third kappa shape index (κ3) is 4.72. The Bertz CT molecular complexity index is 957. The lowest BCUT2D eigenvalue weighted by molar-refractivity contribution is 0.0910. The molecular formula is C22H28N2O4S. The van der Waals surface area contributed by atoms with Gasteiger partial charge in [0, 0.05) is 18.7 Å². The molecule has 156 valence electrons. The topological polar surface area (TPSA) is 75.7 Å². The van der Waals surface area contributed by atoms with Crippen molar-refractivity contribution in [3.63, 3.8) is 0 Å². The molecule has 1 amide bonds. The Hall–Kier alpha value is -2.54. The van der Waals surface area contributed by atoms with E-state index < -0.39 is 10.0 Å². The van der Waals surface area contributed by atoms with Crippen LogP contribution < -0.4 is 14.4 Å². The summed E-state index contributed by atoms with van der Waals surface area (Å²) in [5.41, 5.74) is 0.865. The average molecular weight is 417 g/mol. The molecule has 3 rings (SSSR count). The lowest BCUT2D eigenvalue weighted by Gasteiger charge is -2.29. The smallest absolute Gasteiger partial charge is 0.264 e. The second kappa shape index (κ2) is 8.86. The molecule has 2 aromatic carbocycles. The molecule has 2 atom stereocenters. The monoisotopic (exact) mass is 416 g/mol. The molecule has 7 heteroatoms. The van der Waals surface area contributed by atoms with Gasteiger partial charge in [-0.15, -0.1) is 0 Å². The van der Waals surface area contributed by atoms with Crippen molar-refractivity contribution >= 4 is 21.6 Å². The van der Waals surface area contributed by atoms with E-state index in [4.69, 9.17) is 4.74 Å². The quantitative estimate of drug-likeness (QED) is 0.777. The molecule has 0 aliphatic heterocycles. The van der Waals surface area contributed by atoms with Crippen molar-refractivity contribution in [2.24, 2.45) is 5.92 Å². The number of anilines is 1. The van der Waals surface area contributed by atoms with Gasteiger partial charge in [-0.2, -0.15) is 0 Å². The standard InChI is InChI=1S/C22H28N2O4S/c1-16-7-4-5-10-21(16)23-22(25)17-8-6-9-20(15-17)29(26,27)24(2)18-11-13-19(28-3)14-12-18/h6,8-9,11-16,21H,4-5,7,10H2,1-3H3,(H,23,25)/t16-,21-/m1/s1. The molecule has 1 aliphatic rings. The van der Waals surface area contributed by atoms with Crippen LogP contribution in [0.2, 0.25) is 0 Å². The van der Waals surface area contributed by atoms with Gasteiger partial charge in [-0.1, -0.05) is 25.8 Å². The third-order valence-corrected chi connectivity index (χ3v) is 7.40. The van der Waals surface area contributed by atoms with Gasteiger partial charge < -0.3 is 10.1 Å². The van der Waals surface area contributed by atoms with Crippen molar-refractivity contribution in [2.75, 3.05) is 18.5 Å². The highest BCUT2D eigenvalue weighted by Gasteiger charge is 2.25. The van der Waals surface area contributed by atoms with Crippen LogP contribution in [0.15, 0.2) is 53.4 Å². The van der Waals surface area contributed by atoms with Gasteiger partial charge in [0.15, 0.2) is 0 Å². The Labute approximate surface area is 172 Å². The molecule has 0 saturated heterocycles. The molecule has 0 bridgehead atoms. The predicted octanol–water partition coefficient (Wildman–Crippen LogP) is 3.83. The average Bonchev–Trinajstić information content (AvgIpc) is 2.75. The molecule has 29 heavy (non-hydrogen) atoms. The minimum atomic E-state index is -3.80. The largest absolute Gasteiger partial charge is 0.497 e. The highest BCUT2D eigenvalue weighted by Crippen LogP contribution is 2.26. The number of benzene rings is 2. The molecule has 0 aromatic heterocycles. The number of sulfonamides is 1. The second-order valence-electron chi connectivity index (χ2n) is 7.54. The Morgan fingerprint density at radius 1 is 1.10 bits per heavy atom. The van der Waals surface area contributed by atoms with Crippen LogP contribution >= 0.6 is 0 Å². The van der Waals surface area contributed by atoms with Crippen LogP contribution in [0.1, 0.15) is 43.0 Å². The predicted molar refractivity (Wildman–Crippen MR) is 114 cm³/mol. The van der Waals surface area contributed by atoms with Gasteiger partial charge in [0.05, 0.1) is 17.7 Å². The lowest BCUT2D eigenvalue weighted by Crippen LogP contribution is -2.41. The number of ether oxygens (including phenoxy) is 1. The van der Waals surface area contributed by atoms with Crippen molar-refractivity contribution in [1.82, 2.24) is 5.32 Å². The van der Waals surface area contributed by atoms with E-state index in [9.17, 15) is 13.2 Å². The van der Waals surface area contributed by atoms with E-state index in [0.29, 0.717) is 22.9 Å². The van der Waals surface area contributed by atoms with Crippen LogP contribution in [-0.4, -0.2) is 34.5 Å². The van der Waals surface area contributed by atoms with Gasteiger partial charge in [-0.3, -0.25) is 9.10 Å². The van der Waals surface area contributed by atoms with Crippen molar-refractivity contribution in [3.8, 4) is 5.75 Å². The van der Waals surface area contributed by atoms with Crippen molar-refractivity contribution < 1.29 is 17.9 Å². The van der Waals surface area contributed by atoms with Gasteiger partial charge in [0.2, 0.25) is 0 Å². The zero-order valence-corrected chi connectivity index (χ0v) is 17.9. The number of rotatable bonds is 6. The summed E-state index contributed by atoms with van der Waals surface area (Å²) in [6, 6.07) is 13.1. The van der Waals surface area contributed by atoms with Gasteiger partial charge in [-0.25, -0.2) is 8.42 Å². The minimum absolute atomic E-state index is 0.0835. The van der Waals surface area contributed by atoms with E-state index in [1.807, 2.05) is 0 Å². The molecule has 0 spiro atoms. The molecule has 0 unspecified atom stereocenters. The molecule has 1 N–H and O–H groups in total. The van der Waals surface area contributed by atoms with E-state index in [1.54, 1.807) is 43.5 Å². The molecule has 1 saturated carbocycles. The number of hydrogen-bond acceptors (Lipinski definition) is 4. The molecular weight excluding hydrogens is 388 g/mol. The summed E-state index contributed by atoms with van der Waals surface area (Å²) >= 11 is 0. The number of methoxy groups -OCH3 is 1. The number of nitrogens with zero attached hydrogens (tertiary/aromatic N) is 1. The molecule has 1 fully saturated rings. The minimum Gasteiger partial charge on any atom is -0.497 e. The maximum Gasteiger partial charge on any atom is 0.264 e. The highest BCUT2D eigenvalue weighted by atomic mass is 32.2. The van der Waals surface area contributed by atoms with Crippen LogP contribution in [-0.2, 0) is 10.0 Å². The Morgan fingerprint density at radius 3 is 2.45 bits per heavy atom. The van der Waals surface area contributed by atoms with Crippen molar-refractivity contribution in [2.45, 2.75) is 43.5 Å². The summed E-state index contributed by atoms with van der Waals surface area (Å²) in [7, 11) is -0.750. The first kappa shape index (κ1) is 21.2. The maximum absolute atomic E-state index is 13.1. The van der Waals surface area contributed by atoms with Crippen LogP contribution in [0.3, 0.4) is 0 Å². The fourth-order valence-corrected chi connectivity index (χ4v) is 4.91. The Balaban J connectivity index is 1.80. The fourth-order valence-electron chi connectivity index (χ4n) is 3.67. The number of carbonyl (C=O) groups is 1. The maximum atomic E-state index is 13.1. The van der Waals surface area contributed by atoms with Gasteiger partial charge in [0.1, 0.15) is 5.75 Å². The summed E-state index contributed by atoms with van der Waals surface area (Å²) in [6.45, 7) is 2.15. The zero-order chi connectivity index (χ0) is 21.0.